The first-order valence-electron chi connectivity index (χ1n) is 7.71. The number of fused-ring (bicyclic) bond motifs is 5. The Kier molecular flexibility index (Phi) is 2.93. The second-order valence-electron chi connectivity index (χ2n) is 5.86. The summed E-state index contributed by atoms with van der Waals surface area (Å²) in [6.07, 6.45) is 6.65. The van der Waals surface area contributed by atoms with Gasteiger partial charge in [-0.15, -0.1) is 21.5 Å². The lowest BCUT2D eigenvalue weighted by molar-refractivity contribution is 0.700. The van der Waals surface area contributed by atoms with Crippen LogP contribution in [-0.4, -0.2) is 19.6 Å². The van der Waals surface area contributed by atoms with Gasteiger partial charge in [-0.3, -0.25) is 4.40 Å². The topological polar surface area (TPSA) is 43.1 Å². The van der Waals surface area contributed by atoms with E-state index in [4.69, 9.17) is 11.6 Å². The lowest BCUT2D eigenvalue weighted by Crippen LogP contribution is -1.99. The lowest BCUT2D eigenvalue weighted by atomic mass is 9.97. The van der Waals surface area contributed by atoms with Crippen LogP contribution in [0.2, 0.25) is 5.02 Å². The van der Waals surface area contributed by atoms with Crippen LogP contribution < -0.4 is 0 Å². The zero-order chi connectivity index (χ0) is 15.4. The molecule has 0 fully saturated rings. The first kappa shape index (κ1) is 13.5. The van der Waals surface area contributed by atoms with Gasteiger partial charge in [-0.25, -0.2) is 4.98 Å². The van der Waals surface area contributed by atoms with Crippen molar-refractivity contribution in [1.29, 1.82) is 0 Å². The van der Waals surface area contributed by atoms with Gasteiger partial charge in [0.25, 0.3) is 0 Å². The summed E-state index contributed by atoms with van der Waals surface area (Å²) >= 11 is 7.79. The minimum atomic E-state index is 0.718. The predicted molar refractivity (Wildman–Crippen MR) is 93.3 cm³/mol. The molecule has 0 unspecified atom stereocenters. The fourth-order valence-corrected chi connectivity index (χ4v) is 4.70. The molecule has 0 amide bonds. The van der Waals surface area contributed by atoms with Crippen LogP contribution in [-0.2, 0) is 12.8 Å². The first-order chi connectivity index (χ1) is 11.3. The summed E-state index contributed by atoms with van der Waals surface area (Å²) in [5.74, 6) is 0.807. The molecule has 1 aliphatic carbocycles. The molecule has 0 bridgehead atoms. The van der Waals surface area contributed by atoms with Gasteiger partial charge in [0.15, 0.2) is 11.5 Å². The highest BCUT2D eigenvalue weighted by Gasteiger charge is 2.21. The summed E-state index contributed by atoms with van der Waals surface area (Å²) in [5, 5.41) is 10.8. The van der Waals surface area contributed by atoms with E-state index in [0.717, 1.165) is 33.3 Å². The molecule has 0 radical (unpaired) electrons. The maximum absolute atomic E-state index is 5.98. The Bertz CT molecular complexity index is 1030. The monoisotopic (exact) mass is 340 g/mol. The lowest BCUT2D eigenvalue weighted by Gasteiger charge is -2.10. The predicted octanol–water partition coefficient (Wildman–Crippen LogP) is 4.54. The second kappa shape index (κ2) is 5.01. The molecule has 3 heterocycles. The molecular weight excluding hydrogens is 328 g/mol. The van der Waals surface area contributed by atoms with E-state index >= 15 is 0 Å². The SMILES string of the molecule is Clc1ccc(-c2nnc3c4c5c(sc4ncn23)CCCC5)cc1. The van der Waals surface area contributed by atoms with Crippen LogP contribution in [0.4, 0.5) is 0 Å². The third-order valence-electron chi connectivity index (χ3n) is 4.47. The molecule has 0 saturated heterocycles. The molecule has 4 aromatic rings. The summed E-state index contributed by atoms with van der Waals surface area (Å²) in [7, 11) is 0. The van der Waals surface area contributed by atoms with E-state index in [2.05, 4.69) is 15.2 Å². The smallest absolute Gasteiger partial charge is 0.172 e. The van der Waals surface area contributed by atoms with Crippen molar-refractivity contribution in [2.75, 3.05) is 0 Å². The van der Waals surface area contributed by atoms with E-state index in [1.165, 1.54) is 35.1 Å². The normalized spacial score (nSPS) is 14.5. The zero-order valence-corrected chi connectivity index (χ0v) is 13.9. The van der Waals surface area contributed by atoms with Crippen LogP contribution in [0.3, 0.4) is 0 Å². The third kappa shape index (κ3) is 2.00. The fourth-order valence-electron chi connectivity index (χ4n) is 3.35. The molecule has 1 aliphatic rings. The molecule has 23 heavy (non-hydrogen) atoms. The Hall–Kier alpha value is -1.98. The van der Waals surface area contributed by atoms with Crippen molar-refractivity contribution in [1.82, 2.24) is 19.6 Å². The van der Waals surface area contributed by atoms with E-state index < -0.39 is 0 Å². The van der Waals surface area contributed by atoms with Gasteiger partial charge in [-0.1, -0.05) is 11.6 Å². The number of rotatable bonds is 1. The van der Waals surface area contributed by atoms with Crippen LogP contribution >= 0.6 is 22.9 Å². The highest BCUT2D eigenvalue weighted by atomic mass is 35.5. The van der Waals surface area contributed by atoms with Crippen LogP contribution in [0.5, 0.6) is 0 Å². The minimum absolute atomic E-state index is 0.718. The molecule has 114 valence electrons. The van der Waals surface area contributed by atoms with E-state index in [1.807, 2.05) is 46.3 Å². The van der Waals surface area contributed by atoms with E-state index in [9.17, 15) is 0 Å². The number of aromatic nitrogens is 4. The number of hydrogen-bond donors (Lipinski definition) is 0. The Balaban J connectivity index is 1.79. The van der Waals surface area contributed by atoms with Crippen LogP contribution in [0.25, 0.3) is 27.3 Å². The van der Waals surface area contributed by atoms with Gasteiger partial charge in [-0.05, 0) is 55.5 Å². The van der Waals surface area contributed by atoms with Gasteiger partial charge in [0.2, 0.25) is 0 Å². The molecule has 0 N–H and O–H groups in total. The molecule has 4 nitrogen and oxygen atoms in total. The number of nitrogens with zero attached hydrogens (tertiary/aromatic N) is 4. The molecular formula is C17H13ClN4S. The maximum atomic E-state index is 5.98. The number of thiophene rings is 1. The highest BCUT2D eigenvalue weighted by Crippen LogP contribution is 2.37. The minimum Gasteiger partial charge on any atom is -0.265 e. The molecule has 0 atom stereocenters. The molecule has 6 heteroatoms. The van der Waals surface area contributed by atoms with Crippen molar-refractivity contribution >= 4 is 38.8 Å². The number of aryl methyl sites for hydroxylation is 2. The largest absolute Gasteiger partial charge is 0.265 e. The summed E-state index contributed by atoms with van der Waals surface area (Å²) in [6, 6.07) is 7.67. The Morgan fingerprint density at radius 2 is 1.87 bits per heavy atom. The number of benzene rings is 1. The Morgan fingerprint density at radius 3 is 2.74 bits per heavy atom. The van der Waals surface area contributed by atoms with Gasteiger partial charge in [0, 0.05) is 15.5 Å². The highest BCUT2D eigenvalue weighted by molar-refractivity contribution is 7.19. The summed E-state index contributed by atoms with van der Waals surface area (Å²) < 4.78 is 1.99. The van der Waals surface area contributed by atoms with Crippen LogP contribution in [0, 0.1) is 0 Å². The summed E-state index contributed by atoms with van der Waals surface area (Å²) in [4.78, 5) is 7.22. The number of halogens is 1. The molecule has 1 aromatic carbocycles. The van der Waals surface area contributed by atoms with Crippen molar-refractivity contribution in [2.45, 2.75) is 25.7 Å². The molecule has 3 aromatic heterocycles. The quantitative estimate of drug-likeness (QED) is 0.511. The van der Waals surface area contributed by atoms with Gasteiger partial charge < -0.3 is 0 Å². The average Bonchev–Trinajstić information content (AvgIpc) is 3.16. The maximum Gasteiger partial charge on any atom is 0.172 e. The van der Waals surface area contributed by atoms with E-state index in [0.29, 0.717) is 0 Å². The van der Waals surface area contributed by atoms with Gasteiger partial charge in [0.05, 0.1) is 5.39 Å². The van der Waals surface area contributed by atoms with E-state index in [-0.39, 0.29) is 0 Å². The Labute approximate surface area is 141 Å². The number of hydrogen-bond acceptors (Lipinski definition) is 4. The molecule has 5 rings (SSSR count). The van der Waals surface area contributed by atoms with Crippen molar-refractivity contribution in [3.05, 3.63) is 46.1 Å². The fraction of sp³-hybridized carbons (Fsp3) is 0.235. The summed E-state index contributed by atoms with van der Waals surface area (Å²) in [5.41, 5.74) is 3.34. The van der Waals surface area contributed by atoms with Gasteiger partial charge in [-0.2, -0.15) is 0 Å². The van der Waals surface area contributed by atoms with Crippen LogP contribution in [0.1, 0.15) is 23.3 Å². The molecule has 0 aliphatic heterocycles. The van der Waals surface area contributed by atoms with Crippen molar-refractivity contribution in [2.24, 2.45) is 0 Å². The van der Waals surface area contributed by atoms with Gasteiger partial charge in [0.1, 0.15) is 11.2 Å². The average molecular weight is 341 g/mol. The second-order valence-corrected chi connectivity index (χ2v) is 7.38. The van der Waals surface area contributed by atoms with Crippen molar-refractivity contribution in [3.8, 4) is 11.4 Å². The summed E-state index contributed by atoms with van der Waals surface area (Å²) in [6.45, 7) is 0. The standard InChI is InChI=1S/C17H13ClN4S/c18-11-7-5-10(6-8-11)15-20-21-16-14-12-3-1-2-4-13(12)23-17(14)19-9-22(15)16/h5-9H,1-4H2. The van der Waals surface area contributed by atoms with Crippen molar-refractivity contribution < 1.29 is 0 Å². The Morgan fingerprint density at radius 1 is 1.04 bits per heavy atom. The zero-order valence-electron chi connectivity index (χ0n) is 12.3. The van der Waals surface area contributed by atoms with Crippen molar-refractivity contribution in [3.63, 3.8) is 0 Å². The molecule has 0 saturated carbocycles. The third-order valence-corrected chi connectivity index (χ3v) is 5.92. The van der Waals surface area contributed by atoms with E-state index in [1.54, 1.807) is 0 Å². The molecule has 0 spiro atoms. The first-order valence-corrected chi connectivity index (χ1v) is 8.90. The van der Waals surface area contributed by atoms with Gasteiger partial charge >= 0.3 is 0 Å². The van der Waals surface area contributed by atoms with Crippen LogP contribution in [0.15, 0.2) is 30.6 Å².